The molecule has 102 valence electrons. The molecule has 0 saturated heterocycles. The number of benzene rings is 1. The van der Waals surface area contributed by atoms with Gasteiger partial charge in [0.15, 0.2) is 0 Å². The molecule has 0 aliphatic heterocycles. The van der Waals surface area contributed by atoms with Crippen molar-refractivity contribution in [1.29, 1.82) is 0 Å². The van der Waals surface area contributed by atoms with Gasteiger partial charge in [-0.1, -0.05) is 6.92 Å². The molecular formula is C14H17FN2OS. The molecule has 2 rings (SSSR count). The third kappa shape index (κ3) is 2.94. The van der Waals surface area contributed by atoms with Crippen LogP contribution in [0.2, 0.25) is 0 Å². The number of aryl methyl sites for hydroxylation is 1. The van der Waals surface area contributed by atoms with E-state index < -0.39 is 0 Å². The van der Waals surface area contributed by atoms with Crippen LogP contribution in [0.4, 0.5) is 4.39 Å². The van der Waals surface area contributed by atoms with Crippen molar-refractivity contribution in [2.45, 2.75) is 19.4 Å². The molecule has 1 aromatic carbocycles. The number of hydrogen-bond acceptors (Lipinski definition) is 4. The summed E-state index contributed by atoms with van der Waals surface area (Å²) in [7, 11) is 1.57. The van der Waals surface area contributed by atoms with Gasteiger partial charge in [0.1, 0.15) is 11.6 Å². The number of nitrogens with two attached hydrogens (primary N) is 1. The van der Waals surface area contributed by atoms with Gasteiger partial charge in [0.2, 0.25) is 0 Å². The zero-order valence-electron chi connectivity index (χ0n) is 10.9. The number of ether oxygens (including phenoxy) is 1. The van der Waals surface area contributed by atoms with Gasteiger partial charge in [-0.3, -0.25) is 5.84 Å². The second kappa shape index (κ2) is 6.14. The molecule has 1 heterocycles. The van der Waals surface area contributed by atoms with Gasteiger partial charge in [0, 0.05) is 15.3 Å². The van der Waals surface area contributed by atoms with Crippen LogP contribution < -0.4 is 16.0 Å². The summed E-state index contributed by atoms with van der Waals surface area (Å²) in [6, 6.07) is 8.25. The Hall–Kier alpha value is -1.43. The topological polar surface area (TPSA) is 47.3 Å². The maximum absolute atomic E-state index is 13.4. The Kier molecular flexibility index (Phi) is 4.52. The van der Waals surface area contributed by atoms with E-state index in [0.29, 0.717) is 11.3 Å². The van der Waals surface area contributed by atoms with Gasteiger partial charge in [-0.15, -0.1) is 11.3 Å². The lowest BCUT2D eigenvalue weighted by Crippen LogP contribution is -2.28. The van der Waals surface area contributed by atoms with E-state index in [1.807, 2.05) is 6.07 Å². The molecule has 1 aromatic heterocycles. The molecule has 1 unspecified atom stereocenters. The van der Waals surface area contributed by atoms with E-state index in [4.69, 9.17) is 10.6 Å². The Morgan fingerprint density at radius 3 is 2.74 bits per heavy atom. The Morgan fingerprint density at radius 2 is 2.16 bits per heavy atom. The van der Waals surface area contributed by atoms with Gasteiger partial charge in [0.05, 0.1) is 13.2 Å². The Balaban J connectivity index is 2.43. The first-order valence-electron chi connectivity index (χ1n) is 6.07. The highest BCUT2D eigenvalue weighted by atomic mass is 32.1. The summed E-state index contributed by atoms with van der Waals surface area (Å²) in [5.74, 6) is 5.96. The lowest BCUT2D eigenvalue weighted by Gasteiger charge is -2.18. The predicted molar refractivity (Wildman–Crippen MR) is 75.8 cm³/mol. The number of halogens is 1. The minimum atomic E-state index is -0.302. The monoisotopic (exact) mass is 280 g/mol. The summed E-state index contributed by atoms with van der Waals surface area (Å²) in [6.45, 7) is 2.10. The number of rotatable bonds is 5. The van der Waals surface area contributed by atoms with Crippen LogP contribution in [0.25, 0.3) is 0 Å². The third-order valence-corrected chi connectivity index (χ3v) is 4.28. The Morgan fingerprint density at radius 1 is 1.37 bits per heavy atom. The number of nitrogens with one attached hydrogen (secondary N) is 1. The third-order valence-electron chi connectivity index (χ3n) is 2.98. The van der Waals surface area contributed by atoms with Crippen LogP contribution in [-0.2, 0) is 6.42 Å². The highest BCUT2D eigenvalue weighted by Crippen LogP contribution is 2.33. The Bertz CT molecular complexity index is 556. The Labute approximate surface area is 116 Å². The molecular weight excluding hydrogens is 263 g/mol. The molecule has 19 heavy (non-hydrogen) atoms. The van der Waals surface area contributed by atoms with E-state index in [1.54, 1.807) is 24.5 Å². The molecule has 0 spiro atoms. The minimum Gasteiger partial charge on any atom is -0.496 e. The van der Waals surface area contributed by atoms with Crippen molar-refractivity contribution in [2.24, 2.45) is 5.84 Å². The molecule has 0 aliphatic rings. The highest BCUT2D eigenvalue weighted by molar-refractivity contribution is 7.12. The van der Waals surface area contributed by atoms with Crippen LogP contribution in [0.5, 0.6) is 5.75 Å². The van der Waals surface area contributed by atoms with Crippen LogP contribution >= 0.6 is 11.3 Å². The summed E-state index contributed by atoms with van der Waals surface area (Å²) >= 11 is 1.66. The lowest BCUT2D eigenvalue weighted by molar-refractivity contribution is 0.403. The van der Waals surface area contributed by atoms with Crippen molar-refractivity contribution in [2.75, 3.05) is 7.11 Å². The van der Waals surface area contributed by atoms with Gasteiger partial charge >= 0.3 is 0 Å². The molecule has 0 fully saturated rings. The predicted octanol–water partition coefficient (Wildman–Crippen LogP) is 3.01. The molecule has 0 bridgehead atoms. The van der Waals surface area contributed by atoms with Crippen LogP contribution in [0, 0.1) is 5.82 Å². The highest BCUT2D eigenvalue weighted by Gasteiger charge is 2.19. The van der Waals surface area contributed by atoms with Gasteiger partial charge in [0.25, 0.3) is 0 Å². The fourth-order valence-electron chi connectivity index (χ4n) is 2.00. The van der Waals surface area contributed by atoms with E-state index in [0.717, 1.165) is 11.3 Å². The zero-order valence-corrected chi connectivity index (χ0v) is 11.8. The van der Waals surface area contributed by atoms with E-state index in [2.05, 4.69) is 18.4 Å². The maximum atomic E-state index is 13.4. The zero-order chi connectivity index (χ0) is 13.8. The van der Waals surface area contributed by atoms with Crippen LogP contribution in [0.1, 0.15) is 28.3 Å². The molecule has 5 heteroatoms. The molecule has 3 N–H and O–H groups in total. The average Bonchev–Trinajstić information content (AvgIpc) is 2.89. The summed E-state index contributed by atoms with van der Waals surface area (Å²) < 4.78 is 18.7. The van der Waals surface area contributed by atoms with Crippen molar-refractivity contribution in [3.63, 3.8) is 0 Å². The molecule has 1 atom stereocenters. The summed E-state index contributed by atoms with van der Waals surface area (Å²) in [5, 5.41) is 0. The minimum absolute atomic E-state index is 0.268. The summed E-state index contributed by atoms with van der Waals surface area (Å²) in [5.41, 5.74) is 3.44. The SMILES string of the molecule is CCc1ccc(C(NN)c2cc(F)ccc2OC)s1. The van der Waals surface area contributed by atoms with E-state index >= 15 is 0 Å². The number of thiophene rings is 1. The molecule has 2 aromatic rings. The molecule has 0 amide bonds. The number of hydrazine groups is 1. The van der Waals surface area contributed by atoms with Crippen molar-refractivity contribution in [3.05, 3.63) is 51.5 Å². The largest absolute Gasteiger partial charge is 0.496 e. The van der Waals surface area contributed by atoms with Crippen LogP contribution in [0.3, 0.4) is 0 Å². The van der Waals surface area contributed by atoms with Gasteiger partial charge in [-0.05, 0) is 36.8 Å². The normalized spacial score (nSPS) is 12.4. The second-order valence-corrected chi connectivity index (χ2v) is 5.34. The van der Waals surface area contributed by atoms with Gasteiger partial charge in [-0.25, -0.2) is 9.82 Å². The molecule has 0 radical (unpaired) electrons. The van der Waals surface area contributed by atoms with Crippen molar-refractivity contribution in [1.82, 2.24) is 5.43 Å². The second-order valence-electron chi connectivity index (χ2n) is 4.14. The fraction of sp³-hybridized carbons (Fsp3) is 0.286. The van der Waals surface area contributed by atoms with E-state index in [9.17, 15) is 4.39 Å². The van der Waals surface area contributed by atoms with Gasteiger partial charge in [-0.2, -0.15) is 0 Å². The standard InChI is InChI=1S/C14H17FN2OS/c1-3-10-5-7-13(19-10)14(17-16)11-8-9(15)4-6-12(11)18-2/h4-8,14,17H,3,16H2,1-2H3. The van der Waals surface area contributed by atoms with Crippen LogP contribution in [0.15, 0.2) is 30.3 Å². The summed E-state index contributed by atoms with van der Waals surface area (Å²) in [4.78, 5) is 2.31. The maximum Gasteiger partial charge on any atom is 0.124 e. The average molecular weight is 280 g/mol. The van der Waals surface area contributed by atoms with E-state index in [1.165, 1.54) is 17.0 Å². The van der Waals surface area contributed by atoms with Crippen LogP contribution in [-0.4, -0.2) is 7.11 Å². The number of hydrogen-bond donors (Lipinski definition) is 2. The molecule has 0 saturated carbocycles. The quantitative estimate of drug-likeness (QED) is 0.654. The van der Waals surface area contributed by atoms with E-state index in [-0.39, 0.29) is 11.9 Å². The summed E-state index contributed by atoms with van der Waals surface area (Å²) in [6.07, 6.45) is 0.974. The number of methoxy groups -OCH3 is 1. The van der Waals surface area contributed by atoms with Crippen molar-refractivity contribution >= 4 is 11.3 Å². The van der Waals surface area contributed by atoms with Crippen molar-refractivity contribution < 1.29 is 9.13 Å². The first kappa shape index (κ1) is 14.0. The van der Waals surface area contributed by atoms with Crippen molar-refractivity contribution in [3.8, 4) is 5.75 Å². The van der Waals surface area contributed by atoms with Gasteiger partial charge < -0.3 is 4.74 Å². The first-order chi connectivity index (χ1) is 9.19. The first-order valence-corrected chi connectivity index (χ1v) is 6.89. The fourth-order valence-corrected chi connectivity index (χ4v) is 3.03. The lowest BCUT2D eigenvalue weighted by atomic mass is 10.0. The smallest absolute Gasteiger partial charge is 0.124 e. The molecule has 0 aliphatic carbocycles. The molecule has 3 nitrogen and oxygen atoms in total.